The topological polar surface area (TPSA) is 54.5 Å². The molecule has 1 N–H and O–H groups in total. The number of rotatable bonds is 6. The molecule has 0 radical (unpaired) electrons. The van der Waals surface area contributed by atoms with Gasteiger partial charge in [-0.05, 0) is 56.7 Å². The van der Waals surface area contributed by atoms with Gasteiger partial charge in [0, 0.05) is 18.2 Å². The zero-order valence-corrected chi connectivity index (χ0v) is 18.0. The molecule has 1 aliphatic heterocycles. The van der Waals surface area contributed by atoms with Crippen molar-refractivity contribution in [3.63, 3.8) is 0 Å². The summed E-state index contributed by atoms with van der Waals surface area (Å²) < 4.78 is 5.91. The number of halogens is 1. The van der Waals surface area contributed by atoms with E-state index in [4.69, 9.17) is 16.3 Å². The number of anilines is 1. The number of ether oxygens (including phenoxy) is 1. The van der Waals surface area contributed by atoms with Crippen molar-refractivity contribution in [1.29, 1.82) is 0 Å². The van der Waals surface area contributed by atoms with Gasteiger partial charge in [0.05, 0.1) is 12.1 Å². The maximum Gasteiger partial charge on any atom is 0.254 e. The molecule has 0 saturated heterocycles. The summed E-state index contributed by atoms with van der Waals surface area (Å²) >= 11 is 6.18. The number of fused-ring (bicyclic) bond motifs is 1. The van der Waals surface area contributed by atoms with Crippen LogP contribution in [0.3, 0.4) is 0 Å². The monoisotopic (exact) mass is 421 g/mol. The van der Waals surface area contributed by atoms with E-state index in [9.17, 15) is 4.79 Å². The lowest BCUT2D eigenvalue weighted by Gasteiger charge is -2.18. The van der Waals surface area contributed by atoms with Crippen LogP contribution in [-0.4, -0.2) is 22.3 Å². The third kappa shape index (κ3) is 4.12. The van der Waals surface area contributed by atoms with Gasteiger partial charge >= 0.3 is 0 Å². The molecule has 6 heteroatoms. The van der Waals surface area contributed by atoms with Gasteiger partial charge in [-0.2, -0.15) is 0 Å². The fourth-order valence-corrected chi connectivity index (χ4v) is 3.75. The number of benzene rings is 2. The third-order valence-electron chi connectivity index (χ3n) is 5.33. The molecule has 1 aromatic heterocycles. The predicted molar refractivity (Wildman–Crippen MR) is 119 cm³/mol. The first-order chi connectivity index (χ1) is 14.4. The largest absolute Gasteiger partial charge is 0.457 e. The fourth-order valence-electron chi connectivity index (χ4n) is 3.55. The molecule has 5 nitrogen and oxygen atoms in total. The van der Waals surface area contributed by atoms with Gasteiger partial charge in [0.15, 0.2) is 0 Å². The first-order valence-electron chi connectivity index (χ1n) is 10.0. The van der Waals surface area contributed by atoms with Crippen molar-refractivity contribution in [2.45, 2.75) is 33.4 Å². The Kier molecular flexibility index (Phi) is 5.64. The van der Waals surface area contributed by atoms with Gasteiger partial charge < -0.3 is 15.0 Å². The van der Waals surface area contributed by atoms with Crippen molar-refractivity contribution >= 4 is 23.3 Å². The van der Waals surface area contributed by atoms with E-state index in [1.165, 1.54) is 5.56 Å². The molecule has 0 aliphatic carbocycles. The summed E-state index contributed by atoms with van der Waals surface area (Å²) in [6, 6.07) is 17.6. The van der Waals surface area contributed by atoms with Crippen LogP contribution in [0.4, 0.5) is 5.82 Å². The molecule has 0 saturated carbocycles. The Balaban J connectivity index is 1.50. The summed E-state index contributed by atoms with van der Waals surface area (Å²) in [5, 5.41) is 3.74. The van der Waals surface area contributed by atoms with Crippen LogP contribution in [0.2, 0.25) is 5.15 Å². The minimum Gasteiger partial charge on any atom is -0.457 e. The number of carbonyl (C=O) groups excluding carboxylic acids is 1. The number of nitrogens with one attached hydrogen (secondary N) is 1. The second-order valence-electron chi connectivity index (χ2n) is 7.49. The maximum atomic E-state index is 12.5. The number of amides is 1. The van der Waals surface area contributed by atoms with E-state index in [0.29, 0.717) is 29.6 Å². The van der Waals surface area contributed by atoms with Crippen molar-refractivity contribution in [3.8, 4) is 11.5 Å². The molecule has 1 atom stereocenters. The van der Waals surface area contributed by atoms with Crippen LogP contribution in [0, 0.1) is 6.92 Å². The van der Waals surface area contributed by atoms with Crippen molar-refractivity contribution in [1.82, 2.24) is 9.88 Å². The standard InChI is InChI=1S/C24H24ClN3O2/c1-4-28-14-21-20(24(28)29)13-22(25)27-23(21)26-16(3)17-7-11-19(12-8-17)30-18-9-5-15(2)6-10-18/h5-13,16H,4,14H2,1-3H3,(H,26,27). The predicted octanol–water partition coefficient (Wildman–Crippen LogP) is 5.98. The lowest BCUT2D eigenvalue weighted by atomic mass is 10.1. The Labute approximate surface area is 181 Å². The zero-order chi connectivity index (χ0) is 21.3. The quantitative estimate of drug-likeness (QED) is 0.497. The molecule has 154 valence electrons. The number of pyridine rings is 1. The highest BCUT2D eigenvalue weighted by molar-refractivity contribution is 6.30. The second-order valence-corrected chi connectivity index (χ2v) is 7.88. The van der Waals surface area contributed by atoms with Gasteiger partial charge in [-0.25, -0.2) is 4.98 Å². The van der Waals surface area contributed by atoms with Crippen LogP contribution < -0.4 is 10.1 Å². The van der Waals surface area contributed by atoms with E-state index in [-0.39, 0.29) is 11.9 Å². The van der Waals surface area contributed by atoms with Crippen molar-refractivity contribution < 1.29 is 9.53 Å². The second kappa shape index (κ2) is 8.36. The summed E-state index contributed by atoms with van der Waals surface area (Å²) in [5.41, 5.74) is 3.81. The van der Waals surface area contributed by atoms with Gasteiger partial charge in [-0.3, -0.25) is 4.79 Å². The lowest BCUT2D eigenvalue weighted by Crippen LogP contribution is -2.22. The molecule has 3 aromatic rings. The summed E-state index contributed by atoms with van der Waals surface area (Å²) in [6.07, 6.45) is 0. The van der Waals surface area contributed by atoms with Crippen LogP contribution in [0.15, 0.2) is 54.6 Å². The van der Waals surface area contributed by atoms with Gasteiger partial charge in [0.2, 0.25) is 0 Å². The van der Waals surface area contributed by atoms with Gasteiger partial charge in [0.25, 0.3) is 5.91 Å². The van der Waals surface area contributed by atoms with E-state index >= 15 is 0 Å². The molecule has 0 bridgehead atoms. The first-order valence-corrected chi connectivity index (χ1v) is 10.4. The molecular formula is C24H24ClN3O2. The fraction of sp³-hybridized carbons (Fsp3) is 0.250. The summed E-state index contributed by atoms with van der Waals surface area (Å²) in [6.45, 7) is 7.27. The van der Waals surface area contributed by atoms with Crippen molar-refractivity contribution in [2.75, 3.05) is 11.9 Å². The van der Waals surface area contributed by atoms with E-state index in [1.807, 2.05) is 62.4 Å². The SMILES string of the molecule is CCN1Cc2c(cc(Cl)nc2NC(C)c2ccc(Oc3ccc(C)cc3)cc2)C1=O. The van der Waals surface area contributed by atoms with E-state index < -0.39 is 0 Å². The highest BCUT2D eigenvalue weighted by atomic mass is 35.5. The molecule has 0 spiro atoms. The summed E-state index contributed by atoms with van der Waals surface area (Å²) in [5.74, 6) is 2.25. The Hall–Kier alpha value is -3.05. The molecule has 1 amide bonds. The van der Waals surface area contributed by atoms with Crippen LogP contribution in [0.1, 0.15) is 46.9 Å². The summed E-state index contributed by atoms with van der Waals surface area (Å²) in [4.78, 5) is 18.7. The number of carbonyl (C=O) groups is 1. The summed E-state index contributed by atoms with van der Waals surface area (Å²) in [7, 11) is 0. The van der Waals surface area contributed by atoms with Gasteiger partial charge in [0.1, 0.15) is 22.5 Å². The van der Waals surface area contributed by atoms with E-state index in [0.717, 1.165) is 22.6 Å². The maximum absolute atomic E-state index is 12.5. The number of hydrogen-bond donors (Lipinski definition) is 1. The van der Waals surface area contributed by atoms with E-state index in [1.54, 1.807) is 11.0 Å². The minimum absolute atomic E-state index is 0.00473. The smallest absolute Gasteiger partial charge is 0.254 e. The first kappa shape index (κ1) is 20.2. The number of nitrogens with zero attached hydrogens (tertiary/aromatic N) is 2. The highest BCUT2D eigenvalue weighted by Crippen LogP contribution is 2.32. The third-order valence-corrected chi connectivity index (χ3v) is 5.52. The van der Waals surface area contributed by atoms with Crippen LogP contribution in [-0.2, 0) is 6.54 Å². The average Bonchev–Trinajstić information content (AvgIpc) is 3.06. The normalized spacial score (nSPS) is 13.9. The molecule has 2 heterocycles. The molecule has 1 aliphatic rings. The van der Waals surface area contributed by atoms with Crippen molar-refractivity contribution in [2.24, 2.45) is 0 Å². The molecular weight excluding hydrogens is 398 g/mol. The Morgan fingerprint density at radius 3 is 2.40 bits per heavy atom. The van der Waals surface area contributed by atoms with Crippen LogP contribution in [0.5, 0.6) is 11.5 Å². The zero-order valence-electron chi connectivity index (χ0n) is 17.3. The Bertz CT molecular complexity index is 1070. The molecule has 1 unspecified atom stereocenters. The minimum atomic E-state index is -0.0146. The molecule has 30 heavy (non-hydrogen) atoms. The highest BCUT2D eigenvalue weighted by Gasteiger charge is 2.30. The average molecular weight is 422 g/mol. The Morgan fingerprint density at radius 2 is 1.77 bits per heavy atom. The number of aryl methyl sites for hydroxylation is 1. The van der Waals surface area contributed by atoms with Crippen LogP contribution >= 0.6 is 11.6 Å². The number of aromatic nitrogens is 1. The van der Waals surface area contributed by atoms with Crippen LogP contribution in [0.25, 0.3) is 0 Å². The molecule has 0 fully saturated rings. The van der Waals surface area contributed by atoms with E-state index in [2.05, 4.69) is 17.2 Å². The van der Waals surface area contributed by atoms with Gasteiger partial charge in [-0.15, -0.1) is 0 Å². The number of hydrogen-bond acceptors (Lipinski definition) is 4. The van der Waals surface area contributed by atoms with Gasteiger partial charge in [-0.1, -0.05) is 41.4 Å². The van der Waals surface area contributed by atoms with Crippen molar-refractivity contribution in [3.05, 3.63) is 82.0 Å². The lowest BCUT2D eigenvalue weighted by molar-refractivity contribution is 0.0787. The Morgan fingerprint density at radius 1 is 1.13 bits per heavy atom. The molecule has 2 aromatic carbocycles. The molecule has 4 rings (SSSR count).